The Morgan fingerprint density at radius 1 is 1.45 bits per heavy atom. The van der Waals surface area contributed by atoms with Gasteiger partial charge in [-0.3, -0.25) is 4.79 Å². The lowest BCUT2D eigenvalue weighted by Gasteiger charge is -2.01. The Morgan fingerprint density at radius 2 is 2.30 bits per heavy atom. The molecule has 0 aliphatic heterocycles. The van der Waals surface area contributed by atoms with Gasteiger partial charge in [0, 0.05) is 0 Å². The van der Waals surface area contributed by atoms with Crippen molar-refractivity contribution in [2.75, 3.05) is 12.4 Å². The molecule has 0 spiro atoms. The third-order valence-corrected chi connectivity index (χ3v) is 3.90. The molecule has 6 nitrogen and oxygen atoms in total. The van der Waals surface area contributed by atoms with E-state index < -0.39 is 5.56 Å². The fourth-order valence-corrected chi connectivity index (χ4v) is 2.70. The Kier molecular flexibility index (Phi) is 3.29. The first-order chi connectivity index (χ1) is 9.67. The second kappa shape index (κ2) is 5.10. The molecule has 20 heavy (non-hydrogen) atoms. The Bertz CT molecular complexity index is 830. The largest absolute Gasteiger partial charge is 0.497 e. The summed E-state index contributed by atoms with van der Waals surface area (Å²) < 4.78 is 6.13. The highest BCUT2D eigenvalue weighted by atomic mass is 35.5. The number of nitrogens with one attached hydrogen (secondary N) is 2. The van der Waals surface area contributed by atoms with Crippen LogP contribution in [0.3, 0.4) is 0 Å². The van der Waals surface area contributed by atoms with E-state index in [2.05, 4.69) is 20.3 Å². The van der Waals surface area contributed by atoms with Crippen LogP contribution in [0, 0.1) is 0 Å². The van der Waals surface area contributed by atoms with E-state index in [4.69, 9.17) is 16.3 Å². The molecule has 0 bridgehead atoms. The van der Waals surface area contributed by atoms with Crippen LogP contribution < -0.4 is 15.6 Å². The van der Waals surface area contributed by atoms with Crippen LogP contribution in [-0.2, 0) is 0 Å². The quantitative estimate of drug-likeness (QED) is 0.777. The van der Waals surface area contributed by atoms with Crippen LogP contribution in [0.1, 0.15) is 0 Å². The van der Waals surface area contributed by atoms with E-state index >= 15 is 0 Å². The molecule has 0 atom stereocenters. The highest BCUT2D eigenvalue weighted by Crippen LogP contribution is 2.31. The zero-order valence-electron chi connectivity index (χ0n) is 10.3. The first kappa shape index (κ1) is 12.9. The standard InChI is InChI=1S/C12H9ClN4O2S/c1-19-6-2-3-7-8(4-6)20-12(16-7)17-10-9(13)11(18)15-5-14-10/h2-5H,1H3,(H2,14,15,16,17,18). The summed E-state index contributed by atoms with van der Waals surface area (Å²) in [6.07, 6.45) is 1.28. The zero-order valence-corrected chi connectivity index (χ0v) is 11.9. The number of fused-ring (bicyclic) bond motifs is 1. The molecule has 3 rings (SSSR count). The van der Waals surface area contributed by atoms with Crippen LogP contribution in [0.2, 0.25) is 5.02 Å². The van der Waals surface area contributed by atoms with Crippen molar-refractivity contribution in [2.24, 2.45) is 0 Å². The SMILES string of the molecule is COc1ccc2nc(Nc3nc[nH]c(=O)c3Cl)sc2c1. The molecular formula is C12H9ClN4O2S. The Morgan fingerprint density at radius 3 is 3.10 bits per heavy atom. The summed E-state index contributed by atoms with van der Waals surface area (Å²) in [5, 5.41) is 3.55. The van der Waals surface area contributed by atoms with Gasteiger partial charge in [-0.1, -0.05) is 22.9 Å². The number of benzene rings is 1. The Labute approximate surface area is 122 Å². The average molecular weight is 309 g/mol. The van der Waals surface area contributed by atoms with Crippen LogP contribution >= 0.6 is 22.9 Å². The minimum atomic E-state index is -0.396. The van der Waals surface area contributed by atoms with E-state index in [1.54, 1.807) is 7.11 Å². The van der Waals surface area contributed by atoms with Crippen molar-refractivity contribution < 1.29 is 4.74 Å². The van der Waals surface area contributed by atoms with Crippen LogP contribution in [0.25, 0.3) is 10.2 Å². The number of hydrogen-bond acceptors (Lipinski definition) is 6. The van der Waals surface area contributed by atoms with Crippen molar-refractivity contribution in [1.29, 1.82) is 0 Å². The smallest absolute Gasteiger partial charge is 0.271 e. The molecule has 8 heteroatoms. The van der Waals surface area contributed by atoms with Crippen molar-refractivity contribution in [1.82, 2.24) is 15.0 Å². The van der Waals surface area contributed by atoms with E-state index in [1.807, 2.05) is 18.2 Å². The number of aromatic amines is 1. The van der Waals surface area contributed by atoms with Gasteiger partial charge in [0.2, 0.25) is 0 Å². The van der Waals surface area contributed by atoms with Gasteiger partial charge in [-0.15, -0.1) is 0 Å². The predicted octanol–water partition coefficient (Wildman–Crippen LogP) is 2.79. The van der Waals surface area contributed by atoms with Gasteiger partial charge in [0.1, 0.15) is 10.8 Å². The van der Waals surface area contributed by atoms with Crippen molar-refractivity contribution >= 4 is 44.1 Å². The maximum atomic E-state index is 11.4. The van der Waals surface area contributed by atoms with E-state index in [0.29, 0.717) is 5.13 Å². The topological polar surface area (TPSA) is 79.9 Å². The second-order valence-electron chi connectivity index (χ2n) is 3.87. The molecule has 0 aliphatic carbocycles. The summed E-state index contributed by atoms with van der Waals surface area (Å²) in [6, 6.07) is 5.60. The summed E-state index contributed by atoms with van der Waals surface area (Å²) in [5.74, 6) is 1.04. The molecule has 2 N–H and O–H groups in total. The minimum absolute atomic E-state index is 0.00402. The molecule has 0 aliphatic rings. The zero-order chi connectivity index (χ0) is 14.1. The van der Waals surface area contributed by atoms with Crippen molar-refractivity contribution in [3.8, 4) is 5.75 Å². The van der Waals surface area contributed by atoms with E-state index in [9.17, 15) is 4.79 Å². The summed E-state index contributed by atoms with van der Waals surface area (Å²) in [7, 11) is 1.61. The third-order valence-electron chi connectivity index (χ3n) is 2.62. The highest BCUT2D eigenvalue weighted by molar-refractivity contribution is 7.22. The van der Waals surface area contributed by atoms with Crippen molar-refractivity contribution in [2.45, 2.75) is 0 Å². The van der Waals surface area contributed by atoms with Crippen LogP contribution in [-0.4, -0.2) is 22.1 Å². The van der Waals surface area contributed by atoms with Gasteiger partial charge < -0.3 is 15.0 Å². The molecule has 2 aromatic heterocycles. The summed E-state index contributed by atoms with van der Waals surface area (Å²) in [4.78, 5) is 22.2. The summed E-state index contributed by atoms with van der Waals surface area (Å²) in [6.45, 7) is 0. The lowest BCUT2D eigenvalue weighted by atomic mass is 10.3. The Hall–Kier alpha value is -2.12. The van der Waals surface area contributed by atoms with Gasteiger partial charge >= 0.3 is 0 Å². The molecule has 0 saturated heterocycles. The highest BCUT2D eigenvalue weighted by Gasteiger charge is 2.10. The molecule has 0 radical (unpaired) electrons. The van der Waals surface area contributed by atoms with Crippen LogP contribution in [0.4, 0.5) is 10.9 Å². The minimum Gasteiger partial charge on any atom is -0.497 e. The fourth-order valence-electron chi connectivity index (χ4n) is 1.66. The summed E-state index contributed by atoms with van der Waals surface area (Å²) in [5.41, 5.74) is 0.436. The van der Waals surface area contributed by atoms with Crippen LogP contribution in [0.15, 0.2) is 29.3 Å². The van der Waals surface area contributed by atoms with Gasteiger partial charge in [0.25, 0.3) is 5.56 Å². The van der Waals surface area contributed by atoms with Crippen molar-refractivity contribution in [3.05, 3.63) is 39.9 Å². The monoisotopic (exact) mass is 308 g/mol. The molecule has 0 fully saturated rings. The van der Waals surface area contributed by atoms with E-state index in [-0.39, 0.29) is 10.8 Å². The number of methoxy groups -OCH3 is 1. The number of H-pyrrole nitrogens is 1. The molecular weight excluding hydrogens is 300 g/mol. The first-order valence-corrected chi connectivity index (χ1v) is 6.81. The molecule has 3 aromatic rings. The number of nitrogens with zero attached hydrogens (tertiary/aromatic N) is 2. The third kappa shape index (κ3) is 2.33. The number of thiazole rings is 1. The molecule has 2 heterocycles. The number of ether oxygens (including phenoxy) is 1. The number of aromatic nitrogens is 3. The number of halogens is 1. The maximum absolute atomic E-state index is 11.4. The normalized spacial score (nSPS) is 10.7. The predicted molar refractivity (Wildman–Crippen MR) is 79.3 cm³/mol. The Balaban J connectivity index is 1.98. The lowest BCUT2D eigenvalue weighted by Crippen LogP contribution is -2.09. The number of rotatable bonds is 3. The van der Waals surface area contributed by atoms with Crippen molar-refractivity contribution in [3.63, 3.8) is 0 Å². The first-order valence-electron chi connectivity index (χ1n) is 5.62. The molecule has 0 saturated carbocycles. The fraction of sp³-hybridized carbons (Fsp3) is 0.0833. The van der Waals surface area contributed by atoms with E-state index in [0.717, 1.165) is 16.0 Å². The maximum Gasteiger partial charge on any atom is 0.271 e. The lowest BCUT2D eigenvalue weighted by molar-refractivity contribution is 0.415. The van der Waals surface area contributed by atoms with Gasteiger partial charge in [0.05, 0.1) is 23.7 Å². The van der Waals surface area contributed by atoms with Crippen LogP contribution in [0.5, 0.6) is 5.75 Å². The molecule has 102 valence electrons. The number of hydrogen-bond donors (Lipinski definition) is 2. The van der Waals surface area contributed by atoms with Gasteiger partial charge in [0.15, 0.2) is 10.9 Å². The molecule has 1 aromatic carbocycles. The van der Waals surface area contributed by atoms with Gasteiger partial charge in [-0.05, 0) is 18.2 Å². The van der Waals surface area contributed by atoms with Gasteiger partial charge in [-0.2, -0.15) is 0 Å². The van der Waals surface area contributed by atoms with Gasteiger partial charge in [-0.25, -0.2) is 9.97 Å². The van der Waals surface area contributed by atoms with E-state index in [1.165, 1.54) is 17.7 Å². The average Bonchev–Trinajstić information content (AvgIpc) is 2.85. The summed E-state index contributed by atoms with van der Waals surface area (Å²) >= 11 is 7.30. The molecule has 0 amide bonds. The second-order valence-corrected chi connectivity index (χ2v) is 5.28. The number of anilines is 2. The molecule has 0 unspecified atom stereocenters.